The number of fused-ring (bicyclic) bond motifs is 1. The van der Waals surface area contributed by atoms with Crippen LogP contribution in [0.1, 0.15) is 27.1 Å². The van der Waals surface area contributed by atoms with Crippen LogP contribution < -0.4 is 5.73 Å². The van der Waals surface area contributed by atoms with Gasteiger partial charge < -0.3 is 10.8 Å². The number of aliphatic hydroxyl groups excluding tert-OH is 1. The summed E-state index contributed by atoms with van der Waals surface area (Å²) in [6, 6.07) is 4.66. The second-order valence-electron chi connectivity index (χ2n) is 3.64. The van der Waals surface area contributed by atoms with Gasteiger partial charge in [-0.1, -0.05) is 0 Å². The summed E-state index contributed by atoms with van der Waals surface area (Å²) in [5.74, 6) is -0.644. The molecule has 0 saturated heterocycles. The van der Waals surface area contributed by atoms with Gasteiger partial charge in [0.1, 0.15) is 0 Å². The van der Waals surface area contributed by atoms with Gasteiger partial charge in [-0.3, -0.25) is 14.5 Å². The van der Waals surface area contributed by atoms with Crippen LogP contribution in [0.15, 0.2) is 18.2 Å². The highest BCUT2D eigenvalue weighted by molar-refractivity contribution is 6.21. The maximum absolute atomic E-state index is 11.8. The van der Waals surface area contributed by atoms with Gasteiger partial charge in [0, 0.05) is 18.8 Å². The second-order valence-corrected chi connectivity index (χ2v) is 3.64. The number of amides is 2. The molecule has 16 heavy (non-hydrogen) atoms. The Morgan fingerprint density at radius 3 is 2.56 bits per heavy atom. The van der Waals surface area contributed by atoms with E-state index in [0.717, 1.165) is 4.90 Å². The van der Waals surface area contributed by atoms with Crippen molar-refractivity contribution in [2.75, 3.05) is 18.9 Å². The summed E-state index contributed by atoms with van der Waals surface area (Å²) in [4.78, 5) is 24.8. The smallest absolute Gasteiger partial charge is 0.261 e. The van der Waals surface area contributed by atoms with Crippen LogP contribution in [0.5, 0.6) is 0 Å². The normalized spacial score (nSPS) is 14.4. The Morgan fingerprint density at radius 1 is 1.19 bits per heavy atom. The molecule has 1 aliphatic heterocycles. The number of aliphatic hydroxyl groups is 1. The molecule has 1 aromatic carbocycles. The molecule has 2 amide bonds. The number of hydrogen-bond acceptors (Lipinski definition) is 4. The van der Waals surface area contributed by atoms with E-state index in [0.29, 0.717) is 23.2 Å². The number of nitrogen functional groups attached to an aromatic ring is 1. The third-order valence-electron chi connectivity index (χ3n) is 2.53. The molecule has 0 radical (unpaired) electrons. The Hall–Kier alpha value is -1.88. The van der Waals surface area contributed by atoms with Crippen LogP contribution in [0, 0.1) is 0 Å². The molecule has 1 aromatic rings. The van der Waals surface area contributed by atoms with Gasteiger partial charge in [-0.25, -0.2) is 0 Å². The van der Waals surface area contributed by atoms with E-state index in [9.17, 15) is 9.59 Å². The van der Waals surface area contributed by atoms with Gasteiger partial charge in [0.15, 0.2) is 0 Å². The number of imide groups is 1. The predicted octanol–water partition coefficient (Wildman–Crippen LogP) is 0.247. The lowest BCUT2D eigenvalue weighted by Gasteiger charge is -2.11. The number of rotatable bonds is 3. The molecule has 0 aromatic heterocycles. The van der Waals surface area contributed by atoms with Gasteiger partial charge in [0.25, 0.3) is 11.8 Å². The fraction of sp³-hybridized carbons (Fsp3) is 0.273. The van der Waals surface area contributed by atoms with Gasteiger partial charge in [-0.05, 0) is 24.6 Å². The van der Waals surface area contributed by atoms with Gasteiger partial charge in [-0.2, -0.15) is 0 Å². The SMILES string of the molecule is Nc1ccc2c(c1)C(=O)N(CCCO)C2=O. The van der Waals surface area contributed by atoms with Crippen molar-refractivity contribution < 1.29 is 14.7 Å². The lowest BCUT2D eigenvalue weighted by molar-refractivity contribution is 0.0645. The monoisotopic (exact) mass is 220 g/mol. The van der Waals surface area contributed by atoms with Crippen molar-refractivity contribution in [2.24, 2.45) is 0 Å². The summed E-state index contributed by atoms with van der Waals surface area (Å²) < 4.78 is 0. The Labute approximate surface area is 92.5 Å². The molecule has 84 valence electrons. The Balaban J connectivity index is 2.33. The highest BCUT2D eigenvalue weighted by atomic mass is 16.3. The van der Waals surface area contributed by atoms with E-state index in [2.05, 4.69) is 0 Å². The van der Waals surface area contributed by atoms with Crippen molar-refractivity contribution in [3.63, 3.8) is 0 Å². The molecule has 5 nitrogen and oxygen atoms in total. The molecule has 0 fully saturated rings. The number of carbonyl (C=O) groups is 2. The van der Waals surface area contributed by atoms with Crippen LogP contribution >= 0.6 is 0 Å². The maximum Gasteiger partial charge on any atom is 0.261 e. The van der Waals surface area contributed by atoms with Crippen LogP contribution in [-0.2, 0) is 0 Å². The van der Waals surface area contributed by atoms with Crippen molar-refractivity contribution in [3.05, 3.63) is 29.3 Å². The molecule has 0 spiro atoms. The zero-order chi connectivity index (χ0) is 11.7. The maximum atomic E-state index is 11.8. The highest BCUT2D eigenvalue weighted by Gasteiger charge is 2.34. The molecule has 0 aliphatic carbocycles. The molecule has 0 saturated carbocycles. The summed E-state index contributed by atoms with van der Waals surface area (Å²) in [6.07, 6.45) is 0.390. The van der Waals surface area contributed by atoms with E-state index in [1.54, 1.807) is 12.1 Å². The molecule has 5 heteroatoms. The largest absolute Gasteiger partial charge is 0.399 e. The van der Waals surface area contributed by atoms with Crippen LogP contribution in [0.25, 0.3) is 0 Å². The molecule has 1 heterocycles. The number of nitrogens with two attached hydrogens (primary N) is 1. The third kappa shape index (κ3) is 1.55. The molecule has 3 N–H and O–H groups in total. The van der Waals surface area contributed by atoms with Crippen molar-refractivity contribution in [1.29, 1.82) is 0 Å². The Morgan fingerprint density at radius 2 is 1.88 bits per heavy atom. The zero-order valence-corrected chi connectivity index (χ0v) is 8.64. The summed E-state index contributed by atoms with van der Waals surface area (Å²) in [6.45, 7) is 0.193. The molecule has 0 atom stereocenters. The van der Waals surface area contributed by atoms with Crippen LogP contribution in [0.2, 0.25) is 0 Å². The van der Waals surface area contributed by atoms with Gasteiger partial charge in [0.2, 0.25) is 0 Å². The molecule has 0 bridgehead atoms. The van der Waals surface area contributed by atoms with E-state index < -0.39 is 0 Å². The van der Waals surface area contributed by atoms with E-state index in [-0.39, 0.29) is 25.0 Å². The minimum Gasteiger partial charge on any atom is -0.399 e. The third-order valence-corrected chi connectivity index (χ3v) is 2.53. The van der Waals surface area contributed by atoms with E-state index in [4.69, 9.17) is 10.8 Å². The second kappa shape index (κ2) is 3.94. The van der Waals surface area contributed by atoms with Gasteiger partial charge in [-0.15, -0.1) is 0 Å². The number of benzene rings is 1. The summed E-state index contributed by atoms with van der Waals surface area (Å²) in [5, 5.41) is 8.69. The standard InChI is InChI=1S/C11H12N2O3/c12-7-2-3-8-9(6-7)11(16)13(10(8)15)4-1-5-14/h2-3,6,14H,1,4-5,12H2. The minimum atomic E-state index is -0.333. The van der Waals surface area contributed by atoms with Crippen molar-refractivity contribution in [1.82, 2.24) is 4.90 Å². The quantitative estimate of drug-likeness (QED) is 0.565. The van der Waals surface area contributed by atoms with Crippen molar-refractivity contribution >= 4 is 17.5 Å². The van der Waals surface area contributed by atoms with E-state index >= 15 is 0 Å². The fourth-order valence-electron chi connectivity index (χ4n) is 1.74. The highest BCUT2D eigenvalue weighted by Crippen LogP contribution is 2.24. The average Bonchev–Trinajstić information content (AvgIpc) is 2.50. The van der Waals surface area contributed by atoms with Crippen LogP contribution in [-0.4, -0.2) is 35.0 Å². The van der Waals surface area contributed by atoms with Crippen LogP contribution in [0.3, 0.4) is 0 Å². The lowest BCUT2D eigenvalue weighted by Crippen LogP contribution is -2.31. The Kier molecular flexibility index (Phi) is 2.62. The number of carbonyl (C=O) groups excluding carboxylic acids is 2. The first-order valence-electron chi connectivity index (χ1n) is 5.01. The summed E-state index contributed by atoms with van der Waals surface area (Å²) >= 11 is 0. The van der Waals surface area contributed by atoms with E-state index in [1.165, 1.54) is 6.07 Å². The first-order valence-corrected chi connectivity index (χ1v) is 5.01. The van der Waals surface area contributed by atoms with Crippen LogP contribution in [0.4, 0.5) is 5.69 Å². The fourth-order valence-corrected chi connectivity index (χ4v) is 1.74. The molecule has 0 unspecified atom stereocenters. The lowest BCUT2D eigenvalue weighted by atomic mass is 10.1. The van der Waals surface area contributed by atoms with E-state index in [1.807, 2.05) is 0 Å². The summed E-state index contributed by atoms with van der Waals surface area (Å²) in [5.41, 5.74) is 6.76. The number of anilines is 1. The molecular formula is C11H12N2O3. The first kappa shape index (κ1) is 10.6. The molecule has 2 rings (SSSR count). The molecule has 1 aliphatic rings. The van der Waals surface area contributed by atoms with Crippen molar-refractivity contribution in [3.8, 4) is 0 Å². The average molecular weight is 220 g/mol. The number of nitrogens with zero attached hydrogens (tertiary/aromatic N) is 1. The van der Waals surface area contributed by atoms with Gasteiger partial charge >= 0.3 is 0 Å². The minimum absolute atomic E-state index is 0.0461. The zero-order valence-electron chi connectivity index (χ0n) is 8.64. The number of hydrogen-bond donors (Lipinski definition) is 2. The first-order chi connectivity index (χ1) is 7.65. The van der Waals surface area contributed by atoms with Crippen molar-refractivity contribution in [2.45, 2.75) is 6.42 Å². The topological polar surface area (TPSA) is 83.6 Å². The summed E-state index contributed by atoms with van der Waals surface area (Å²) in [7, 11) is 0. The predicted molar refractivity (Wildman–Crippen MR) is 57.9 cm³/mol. The molecular weight excluding hydrogens is 208 g/mol. The van der Waals surface area contributed by atoms with Gasteiger partial charge in [0.05, 0.1) is 11.1 Å². The Bertz CT molecular complexity index is 457.